The lowest BCUT2D eigenvalue weighted by Gasteiger charge is -2.12. The summed E-state index contributed by atoms with van der Waals surface area (Å²) in [6.07, 6.45) is 5.76. The maximum absolute atomic E-state index is 11.4. The molecule has 0 aliphatic heterocycles. The summed E-state index contributed by atoms with van der Waals surface area (Å²) in [7, 11) is 0. The average Bonchev–Trinajstić information content (AvgIpc) is 3.23. The maximum atomic E-state index is 11.4. The van der Waals surface area contributed by atoms with E-state index in [0.717, 1.165) is 38.3 Å². The molecule has 0 heterocycles. The third-order valence-electron chi connectivity index (χ3n) is 3.44. The summed E-state index contributed by atoms with van der Waals surface area (Å²) in [6, 6.07) is 0.450. The van der Waals surface area contributed by atoms with Crippen molar-refractivity contribution in [3.05, 3.63) is 0 Å². The van der Waals surface area contributed by atoms with Gasteiger partial charge in [0.25, 0.3) is 0 Å². The summed E-state index contributed by atoms with van der Waals surface area (Å²) in [5.74, 6) is 0.891. The predicted molar refractivity (Wildman–Crippen MR) is 72.8 cm³/mol. The van der Waals surface area contributed by atoms with Crippen molar-refractivity contribution in [3.63, 3.8) is 0 Å². The molecule has 5 heteroatoms. The molecule has 0 spiro atoms. The van der Waals surface area contributed by atoms with Crippen molar-refractivity contribution in [2.24, 2.45) is 5.92 Å². The molecule has 0 bridgehead atoms. The molecule has 5 nitrogen and oxygen atoms in total. The van der Waals surface area contributed by atoms with Gasteiger partial charge in [-0.15, -0.1) is 0 Å². The van der Waals surface area contributed by atoms with Gasteiger partial charge in [0.1, 0.15) is 0 Å². The van der Waals surface area contributed by atoms with Gasteiger partial charge in [-0.2, -0.15) is 0 Å². The van der Waals surface area contributed by atoms with Gasteiger partial charge in [0.2, 0.25) is 5.91 Å². The second-order valence-corrected chi connectivity index (χ2v) is 5.78. The van der Waals surface area contributed by atoms with E-state index >= 15 is 0 Å². The molecule has 19 heavy (non-hydrogen) atoms. The van der Waals surface area contributed by atoms with E-state index in [2.05, 4.69) is 10.6 Å². The van der Waals surface area contributed by atoms with Crippen LogP contribution < -0.4 is 10.6 Å². The van der Waals surface area contributed by atoms with E-state index in [0.29, 0.717) is 25.6 Å². The Bertz CT molecular complexity index is 278. The fraction of sp³-hybridized carbons (Fsp3) is 0.929. The Morgan fingerprint density at radius 2 is 2.11 bits per heavy atom. The van der Waals surface area contributed by atoms with E-state index in [9.17, 15) is 9.90 Å². The van der Waals surface area contributed by atoms with E-state index in [1.807, 2.05) is 0 Å². The minimum atomic E-state index is -0.445. The van der Waals surface area contributed by atoms with Crippen molar-refractivity contribution in [1.82, 2.24) is 10.6 Å². The number of aliphatic hydroxyl groups excluding tert-OH is 1. The van der Waals surface area contributed by atoms with Gasteiger partial charge >= 0.3 is 0 Å². The van der Waals surface area contributed by atoms with Crippen LogP contribution in [0, 0.1) is 5.92 Å². The Balaban J connectivity index is 1.34. The minimum absolute atomic E-state index is 0.151. The van der Waals surface area contributed by atoms with Crippen LogP contribution in [-0.2, 0) is 9.53 Å². The van der Waals surface area contributed by atoms with Crippen molar-refractivity contribution in [2.45, 2.75) is 50.7 Å². The summed E-state index contributed by atoms with van der Waals surface area (Å²) in [5, 5.41) is 15.8. The highest BCUT2D eigenvalue weighted by atomic mass is 16.5. The zero-order chi connectivity index (χ0) is 13.5. The summed E-state index contributed by atoms with van der Waals surface area (Å²) >= 11 is 0. The van der Waals surface area contributed by atoms with Gasteiger partial charge in [-0.05, 0) is 44.6 Å². The number of hydrogen-bond donors (Lipinski definition) is 3. The Morgan fingerprint density at radius 1 is 1.32 bits per heavy atom. The van der Waals surface area contributed by atoms with Crippen molar-refractivity contribution < 1.29 is 14.6 Å². The lowest BCUT2D eigenvalue weighted by Crippen LogP contribution is -2.32. The zero-order valence-corrected chi connectivity index (χ0v) is 11.6. The Morgan fingerprint density at radius 3 is 2.79 bits per heavy atom. The average molecular weight is 270 g/mol. The first-order chi connectivity index (χ1) is 9.24. The van der Waals surface area contributed by atoms with Crippen LogP contribution in [0.2, 0.25) is 0 Å². The number of ether oxygens (including phenoxy) is 1. The number of carbonyl (C=O) groups excluding carboxylic acids is 1. The molecule has 2 saturated carbocycles. The third kappa shape index (κ3) is 7.50. The highest BCUT2D eigenvalue weighted by Crippen LogP contribution is 2.28. The molecule has 2 aliphatic rings. The number of hydrogen-bond acceptors (Lipinski definition) is 4. The van der Waals surface area contributed by atoms with E-state index in [4.69, 9.17) is 4.74 Å². The molecule has 1 atom stereocenters. The number of nitrogens with one attached hydrogen (secondary N) is 2. The molecule has 2 rings (SSSR count). The summed E-state index contributed by atoms with van der Waals surface area (Å²) in [4.78, 5) is 11.4. The van der Waals surface area contributed by atoms with Crippen LogP contribution in [0.15, 0.2) is 0 Å². The Hall–Kier alpha value is -0.650. The SMILES string of the molecule is O=C(CCCNCC(O)COCC1CC1)NC1CC1. The first-order valence-corrected chi connectivity index (χ1v) is 7.50. The third-order valence-corrected chi connectivity index (χ3v) is 3.44. The van der Waals surface area contributed by atoms with Crippen LogP contribution in [0.25, 0.3) is 0 Å². The number of carbonyl (C=O) groups is 1. The van der Waals surface area contributed by atoms with Crippen molar-refractivity contribution >= 4 is 5.91 Å². The smallest absolute Gasteiger partial charge is 0.220 e. The van der Waals surface area contributed by atoms with Crippen LogP contribution in [0.3, 0.4) is 0 Å². The summed E-state index contributed by atoms with van der Waals surface area (Å²) < 4.78 is 5.41. The van der Waals surface area contributed by atoms with Crippen LogP contribution in [0.5, 0.6) is 0 Å². The quantitative estimate of drug-likeness (QED) is 0.476. The molecule has 0 aromatic carbocycles. The molecule has 1 amide bonds. The monoisotopic (exact) mass is 270 g/mol. The lowest BCUT2D eigenvalue weighted by molar-refractivity contribution is -0.121. The van der Waals surface area contributed by atoms with Crippen LogP contribution in [0.1, 0.15) is 38.5 Å². The minimum Gasteiger partial charge on any atom is -0.389 e. The maximum Gasteiger partial charge on any atom is 0.220 e. The zero-order valence-electron chi connectivity index (χ0n) is 11.6. The largest absolute Gasteiger partial charge is 0.389 e. The molecule has 3 N–H and O–H groups in total. The van der Waals surface area contributed by atoms with Gasteiger partial charge in [-0.3, -0.25) is 4.79 Å². The molecule has 1 unspecified atom stereocenters. The van der Waals surface area contributed by atoms with E-state index in [-0.39, 0.29) is 5.91 Å². The summed E-state index contributed by atoms with van der Waals surface area (Å²) in [6.45, 7) is 2.50. The molecule has 2 fully saturated rings. The van der Waals surface area contributed by atoms with Crippen LogP contribution >= 0.6 is 0 Å². The molecular formula is C14H26N2O3. The highest BCUT2D eigenvalue weighted by molar-refractivity contribution is 5.76. The molecule has 0 saturated heterocycles. The molecule has 0 radical (unpaired) electrons. The normalized spacial score (nSPS) is 20.3. The van der Waals surface area contributed by atoms with Gasteiger partial charge in [0.05, 0.1) is 12.7 Å². The van der Waals surface area contributed by atoms with Gasteiger partial charge in [0, 0.05) is 25.6 Å². The highest BCUT2D eigenvalue weighted by Gasteiger charge is 2.23. The van der Waals surface area contributed by atoms with Crippen molar-refractivity contribution in [3.8, 4) is 0 Å². The Labute approximate surface area is 115 Å². The molecule has 110 valence electrons. The van der Waals surface area contributed by atoms with E-state index in [1.165, 1.54) is 12.8 Å². The van der Waals surface area contributed by atoms with Crippen molar-refractivity contribution in [1.29, 1.82) is 0 Å². The molecule has 0 aromatic heterocycles. The van der Waals surface area contributed by atoms with Gasteiger partial charge < -0.3 is 20.5 Å². The topological polar surface area (TPSA) is 70.6 Å². The summed E-state index contributed by atoms with van der Waals surface area (Å²) in [5.41, 5.74) is 0. The fourth-order valence-corrected chi connectivity index (χ4v) is 1.88. The fourth-order valence-electron chi connectivity index (χ4n) is 1.88. The molecule has 0 aromatic rings. The van der Waals surface area contributed by atoms with Crippen molar-refractivity contribution in [2.75, 3.05) is 26.3 Å². The Kier molecular flexibility index (Phi) is 6.07. The first-order valence-electron chi connectivity index (χ1n) is 7.50. The number of amides is 1. The second kappa shape index (κ2) is 7.82. The van der Waals surface area contributed by atoms with Gasteiger partial charge in [-0.25, -0.2) is 0 Å². The second-order valence-electron chi connectivity index (χ2n) is 5.78. The molecular weight excluding hydrogens is 244 g/mol. The number of rotatable bonds is 11. The van der Waals surface area contributed by atoms with Crippen LogP contribution in [-0.4, -0.2) is 49.5 Å². The standard InChI is InChI=1S/C14H26N2O3/c17-13(10-19-9-11-3-4-11)8-15-7-1-2-14(18)16-12-5-6-12/h11-13,15,17H,1-10H2,(H,16,18). The lowest BCUT2D eigenvalue weighted by atomic mass is 10.3. The van der Waals surface area contributed by atoms with Gasteiger partial charge in [0.15, 0.2) is 0 Å². The van der Waals surface area contributed by atoms with E-state index < -0.39 is 6.10 Å². The van der Waals surface area contributed by atoms with Gasteiger partial charge in [-0.1, -0.05) is 0 Å². The predicted octanol–water partition coefficient (Wildman–Crippen LogP) is 0.422. The first kappa shape index (κ1) is 14.8. The number of aliphatic hydroxyl groups is 1. The van der Waals surface area contributed by atoms with Crippen LogP contribution in [0.4, 0.5) is 0 Å². The van der Waals surface area contributed by atoms with E-state index in [1.54, 1.807) is 0 Å². The molecule has 2 aliphatic carbocycles.